The molecule has 174 valence electrons. The summed E-state index contributed by atoms with van der Waals surface area (Å²) in [5.41, 5.74) is 2.06. The molecule has 0 aromatic heterocycles. The van der Waals surface area contributed by atoms with E-state index in [-0.39, 0.29) is 12.6 Å². The smallest absolute Gasteiger partial charge is 0.344 e. The fourth-order valence-electron chi connectivity index (χ4n) is 4.32. The van der Waals surface area contributed by atoms with Crippen LogP contribution in [0.1, 0.15) is 83.3 Å². The molecule has 1 unspecified atom stereocenters. The quantitative estimate of drug-likeness (QED) is 0.373. The van der Waals surface area contributed by atoms with Crippen LogP contribution in [0.5, 0.6) is 11.5 Å². The Morgan fingerprint density at radius 1 is 0.938 bits per heavy atom. The number of rotatable bonds is 10. The molecule has 0 aliphatic heterocycles. The predicted octanol–water partition coefficient (Wildman–Crippen LogP) is 7.06. The van der Waals surface area contributed by atoms with Crippen LogP contribution in [0.25, 0.3) is 0 Å². The molecule has 0 saturated heterocycles. The molecule has 4 heteroatoms. The molecule has 1 fully saturated rings. The topological polar surface area (TPSA) is 44.8 Å². The first kappa shape index (κ1) is 24.2. The Morgan fingerprint density at radius 2 is 1.53 bits per heavy atom. The minimum atomic E-state index is -0.439. The van der Waals surface area contributed by atoms with E-state index in [0.29, 0.717) is 24.2 Å². The average molecular weight is 439 g/mol. The van der Waals surface area contributed by atoms with Crippen molar-refractivity contribution in [3.63, 3.8) is 0 Å². The zero-order valence-corrected chi connectivity index (χ0v) is 20.1. The summed E-state index contributed by atoms with van der Waals surface area (Å²) in [6, 6.07) is 16.0. The summed E-state index contributed by atoms with van der Waals surface area (Å²) >= 11 is 0. The molecule has 0 radical (unpaired) electrons. The van der Waals surface area contributed by atoms with Crippen molar-refractivity contribution in [3.8, 4) is 11.5 Å². The van der Waals surface area contributed by atoms with Gasteiger partial charge in [0.15, 0.2) is 6.61 Å². The largest absolute Gasteiger partial charge is 0.489 e. The highest BCUT2D eigenvalue weighted by molar-refractivity contribution is 5.71. The van der Waals surface area contributed by atoms with E-state index in [0.717, 1.165) is 30.6 Å². The summed E-state index contributed by atoms with van der Waals surface area (Å²) < 4.78 is 17.3. The van der Waals surface area contributed by atoms with Gasteiger partial charge in [-0.1, -0.05) is 57.4 Å². The Kier molecular flexibility index (Phi) is 8.60. The van der Waals surface area contributed by atoms with E-state index in [1.54, 1.807) is 0 Å². The van der Waals surface area contributed by atoms with E-state index in [1.165, 1.54) is 24.8 Å². The molecule has 3 rings (SSSR count). The summed E-state index contributed by atoms with van der Waals surface area (Å²) in [5, 5.41) is 0. The number of carbonyl (C=O) groups excluding carboxylic acids is 1. The molecule has 1 saturated carbocycles. The van der Waals surface area contributed by atoms with E-state index in [9.17, 15) is 4.79 Å². The zero-order chi connectivity index (χ0) is 23.0. The number of ether oxygens (including phenoxy) is 3. The van der Waals surface area contributed by atoms with E-state index < -0.39 is 5.60 Å². The molecule has 0 spiro atoms. The van der Waals surface area contributed by atoms with Crippen molar-refractivity contribution in [2.45, 2.75) is 84.3 Å². The van der Waals surface area contributed by atoms with Crippen LogP contribution in [-0.4, -0.2) is 18.2 Å². The van der Waals surface area contributed by atoms with Gasteiger partial charge in [0.05, 0.1) is 0 Å². The van der Waals surface area contributed by atoms with Crippen molar-refractivity contribution in [2.24, 2.45) is 5.92 Å². The SMILES string of the molecule is CCC(C)c1ccc(COc2ccc(OCC(=O)OC(C)(C)C3CCCCC3)cc2)cc1. The van der Waals surface area contributed by atoms with Crippen molar-refractivity contribution < 1.29 is 19.0 Å². The zero-order valence-electron chi connectivity index (χ0n) is 20.1. The number of hydrogen-bond donors (Lipinski definition) is 0. The molecule has 1 aliphatic rings. The van der Waals surface area contributed by atoms with E-state index in [2.05, 4.69) is 38.1 Å². The van der Waals surface area contributed by atoms with Crippen molar-refractivity contribution >= 4 is 5.97 Å². The minimum Gasteiger partial charge on any atom is -0.489 e. The first-order valence-electron chi connectivity index (χ1n) is 12.0. The predicted molar refractivity (Wildman–Crippen MR) is 128 cm³/mol. The molecular weight excluding hydrogens is 400 g/mol. The van der Waals surface area contributed by atoms with Crippen LogP contribution in [0.4, 0.5) is 0 Å². The maximum absolute atomic E-state index is 12.3. The second kappa shape index (κ2) is 11.4. The Labute approximate surface area is 193 Å². The number of esters is 1. The maximum Gasteiger partial charge on any atom is 0.344 e. The fraction of sp³-hybridized carbons (Fsp3) is 0.536. The second-order valence-corrected chi connectivity index (χ2v) is 9.51. The molecular formula is C28H38O4. The first-order chi connectivity index (χ1) is 15.4. The third-order valence-corrected chi connectivity index (χ3v) is 6.71. The Bertz CT molecular complexity index is 833. The molecule has 0 N–H and O–H groups in total. The number of carbonyl (C=O) groups is 1. The van der Waals surface area contributed by atoms with Gasteiger partial charge in [-0.25, -0.2) is 4.79 Å². The Morgan fingerprint density at radius 3 is 2.12 bits per heavy atom. The lowest BCUT2D eigenvalue weighted by molar-refractivity contribution is -0.165. The summed E-state index contributed by atoms with van der Waals surface area (Å²) in [6.45, 7) is 8.92. The van der Waals surface area contributed by atoms with Crippen LogP contribution in [0, 0.1) is 5.92 Å². The number of hydrogen-bond acceptors (Lipinski definition) is 4. The van der Waals surface area contributed by atoms with E-state index in [4.69, 9.17) is 14.2 Å². The second-order valence-electron chi connectivity index (χ2n) is 9.51. The van der Waals surface area contributed by atoms with Gasteiger partial charge < -0.3 is 14.2 Å². The summed E-state index contributed by atoms with van der Waals surface area (Å²) in [4.78, 5) is 12.3. The van der Waals surface area contributed by atoms with Crippen LogP contribution in [0.2, 0.25) is 0 Å². The molecule has 0 amide bonds. The highest BCUT2D eigenvalue weighted by atomic mass is 16.6. The lowest BCUT2D eigenvalue weighted by Gasteiger charge is -2.36. The molecule has 32 heavy (non-hydrogen) atoms. The van der Waals surface area contributed by atoms with Gasteiger partial charge in [-0.15, -0.1) is 0 Å². The lowest BCUT2D eigenvalue weighted by atomic mass is 9.79. The van der Waals surface area contributed by atoms with Crippen LogP contribution >= 0.6 is 0 Å². The van der Waals surface area contributed by atoms with Gasteiger partial charge in [0.1, 0.15) is 23.7 Å². The normalized spacial score (nSPS) is 15.8. The fourth-order valence-corrected chi connectivity index (χ4v) is 4.32. The minimum absolute atomic E-state index is 0.0844. The molecule has 2 aromatic rings. The molecule has 1 aliphatic carbocycles. The van der Waals surface area contributed by atoms with Gasteiger partial charge in [-0.3, -0.25) is 0 Å². The van der Waals surface area contributed by atoms with Crippen molar-refractivity contribution in [1.82, 2.24) is 0 Å². The molecule has 2 aromatic carbocycles. The monoisotopic (exact) mass is 438 g/mol. The highest BCUT2D eigenvalue weighted by Crippen LogP contribution is 2.34. The Balaban J connectivity index is 1.42. The molecule has 0 heterocycles. The average Bonchev–Trinajstić information content (AvgIpc) is 2.82. The van der Waals surface area contributed by atoms with Gasteiger partial charge in [-0.05, 0) is 80.3 Å². The van der Waals surface area contributed by atoms with Crippen LogP contribution in [0.3, 0.4) is 0 Å². The van der Waals surface area contributed by atoms with Crippen molar-refractivity contribution in [1.29, 1.82) is 0 Å². The summed E-state index contributed by atoms with van der Waals surface area (Å²) in [5.74, 6) is 2.09. The van der Waals surface area contributed by atoms with Gasteiger partial charge >= 0.3 is 5.97 Å². The summed E-state index contributed by atoms with van der Waals surface area (Å²) in [6.07, 6.45) is 7.13. The molecule has 1 atom stereocenters. The van der Waals surface area contributed by atoms with Crippen molar-refractivity contribution in [2.75, 3.05) is 6.61 Å². The lowest BCUT2D eigenvalue weighted by Crippen LogP contribution is -2.39. The van der Waals surface area contributed by atoms with Gasteiger partial charge in [0.2, 0.25) is 0 Å². The van der Waals surface area contributed by atoms with Gasteiger partial charge in [0.25, 0.3) is 0 Å². The van der Waals surface area contributed by atoms with Crippen LogP contribution < -0.4 is 9.47 Å². The van der Waals surface area contributed by atoms with Crippen LogP contribution in [0.15, 0.2) is 48.5 Å². The molecule has 0 bridgehead atoms. The summed E-state index contributed by atoms with van der Waals surface area (Å²) in [7, 11) is 0. The number of benzene rings is 2. The van der Waals surface area contributed by atoms with E-state index >= 15 is 0 Å². The van der Waals surface area contributed by atoms with Gasteiger partial charge in [-0.2, -0.15) is 0 Å². The van der Waals surface area contributed by atoms with Crippen LogP contribution in [-0.2, 0) is 16.1 Å². The van der Waals surface area contributed by atoms with Gasteiger partial charge in [0, 0.05) is 0 Å². The molecule has 4 nitrogen and oxygen atoms in total. The maximum atomic E-state index is 12.3. The third kappa shape index (κ3) is 7.01. The Hall–Kier alpha value is -2.49. The highest BCUT2D eigenvalue weighted by Gasteiger charge is 2.34. The standard InChI is InChI=1S/C28H38O4/c1-5-21(2)23-13-11-22(12-14-23)19-30-25-15-17-26(18-16-25)31-20-27(29)32-28(3,4)24-9-7-6-8-10-24/h11-18,21,24H,5-10,19-20H2,1-4H3. The third-order valence-electron chi connectivity index (χ3n) is 6.71. The first-order valence-corrected chi connectivity index (χ1v) is 12.0. The van der Waals surface area contributed by atoms with Crippen molar-refractivity contribution in [3.05, 3.63) is 59.7 Å². The van der Waals surface area contributed by atoms with E-state index in [1.807, 2.05) is 38.1 Å².